The molecule has 0 aliphatic rings. The maximum absolute atomic E-state index is 11.1. The van der Waals surface area contributed by atoms with Crippen molar-refractivity contribution in [3.05, 3.63) is 16.6 Å². The van der Waals surface area contributed by atoms with Crippen molar-refractivity contribution >= 4 is 33.2 Å². The van der Waals surface area contributed by atoms with Crippen LogP contribution in [-0.4, -0.2) is 29.4 Å². The zero-order valence-corrected chi connectivity index (χ0v) is 11.0. The second-order valence-corrected chi connectivity index (χ2v) is 5.02. The van der Waals surface area contributed by atoms with Crippen molar-refractivity contribution in [3.8, 4) is 0 Å². The molecule has 0 aliphatic heterocycles. The van der Waals surface area contributed by atoms with E-state index in [0.29, 0.717) is 6.54 Å². The third-order valence-corrected chi connectivity index (χ3v) is 3.54. The van der Waals surface area contributed by atoms with E-state index in [0.717, 1.165) is 5.01 Å². The Kier molecular flexibility index (Phi) is 5.21. The van der Waals surface area contributed by atoms with Gasteiger partial charge in [0.1, 0.15) is 9.83 Å². The average molecular weight is 293 g/mol. The molecule has 0 aliphatic carbocycles. The Hall–Kier alpha value is -0.460. The summed E-state index contributed by atoms with van der Waals surface area (Å²) in [6.45, 7) is 2.53. The topological polar surface area (TPSA) is 51.2 Å². The van der Waals surface area contributed by atoms with E-state index in [-0.39, 0.29) is 16.8 Å². The Labute approximate surface area is 101 Å². The van der Waals surface area contributed by atoms with Crippen LogP contribution in [-0.2, 0) is 9.53 Å². The quantitative estimate of drug-likeness (QED) is 0.663. The van der Waals surface area contributed by atoms with Crippen LogP contribution in [0.15, 0.2) is 11.6 Å². The van der Waals surface area contributed by atoms with Crippen molar-refractivity contribution in [1.82, 2.24) is 10.3 Å². The van der Waals surface area contributed by atoms with Crippen LogP contribution in [0.3, 0.4) is 0 Å². The van der Waals surface area contributed by atoms with Gasteiger partial charge < -0.3 is 10.1 Å². The minimum absolute atomic E-state index is 0.148. The highest BCUT2D eigenvalue weighted by Gasteiger charge is 2.16. The van der Waals surface area contributed by atoms with Crippen LogP contribution >= 0.6 is 27.3 Å². The van der Waals surface area contributed by atoms with Gasteiger partial charge in [0.25, 0.3) is 0 Å². The number of alkyl halides is 1. The average Bonchev–Trinajstić information content (AvgIpc) is 2.77. The van der Waals surface area contributed by atoms with E-state index in [1.165, 1.54) is 7.11 Å². The number of esters is 1. The van der Waals surface area contributed by atoms with Gasteiger partial charge in [-0.3, -0.25) is 4.79 Å². The lowest BCUT2D eigenvalue weighted by Gasteiger charge is -2.13. The Balaban J connectivity index is 2.34. The summed E-state index contributed by atoms with van der Waals surface area (Å²) in [5, 5.41) is 6.14. The molecule has 0 fully saturated rings. The summed E-state index contributed by atoms with van der Waals surface area (Å²) in [5.74, 6) is -0.270. The first-order valence-electron chi connectivity index (χ1n) is 4.49. The van der Waals surface area contributed by atoms with Gasteiger partial charge in [-0.15, -0.1) is 11.3 Å². The number of halogens is 1. The van der Waals surface area contributed by atoms with Gasteiger partial charge in [-0.05, 0) is 6.92 Å². The lowest BCUT2D eigenvalue weighted by atomic mass is 10.3. The van der Waals surface area contributed by atoms with E-state index in [9.17, 15) is 4.79 Å². The lowest BCUT2D eigenvalue weighted by molar-refractivity contribution is -0.139. The second kappa shape index (κ2) is 6.19. The molecule has 1 aromatic rings. The van der Waals surface area contributed by atoms with Crippen molar-refractivity contribution in [1.29, 1.82) is 0 Å². The number of thiazole rings is 1. The molecule has 0 spiro atoms. The molecule has 1 N–H and O–H groups in total. The highest BCUT2D eigenvalue weighted by molar-refractivity contribution is 9.10. The number of rotatable bonds is 5. The molecule has 1 heterocycles. The monoisotopic (exact) mass is 292 g/mol. The van der Waals surface area contributed by atoms with Crippen molar-refractivity contribution in [3.63, 3.8) is 0 Å². The molecule has 0 bridgehead atoms. The number of carbonyl (C=O) groups excluding carboxylic acids is 1. The first kappa shape index (κ1) is 12.6. The SMILES string of the molecule is COC(=O)C(Br)CNC(C)c1nccs1. The van der Waals surface area contributed by atoms with Crippen molar-refractivity contribution in [2.75, 3.05) is 13.7 Å². The second-order valence-electron chi connectivity index (χ2n) is 2.99. The molecule has 4 nitrogen and oxygen atoms in total. The van der Waals surface area contributed by atoms with Crippen LogP contribution in [0.5, 0.6) is 0 Å². The van der Waals surface area contributed by atoms with Crippen LogP contribution < -0.4 is 5.32 Å². The molecule has 84 valence electrons. The molecule has 2 atom stereocenters. The molecule has 6 heteroatoms. The number of nitrogens with one attached hydrogen (secondary N) is 1. The predicted octanol–water partition coefficient (Wildman–Crippen LogP) is 1.73. The van der Waals surface area contributed by atoms with Crippen molar-refractivity contribution < 1.29 is 9.53 Å². The van der Waals surface area contributed by atoms with Crippen LogP contribution in [0, 0.1) is 0 Å². The molecular weight excluding hydrogens is 280 g/mol. The number of nitrogens with zero attached hydrogens (tertiary/aromatic N) is 1. The summed E-state index contributed by atoms with van der Waals surface area (Å²) in [6, 6.07) is 0.148. The number of hydrogen-bond acceptors (Lipinski definition) is 5. The number of hydrogen-bond donors (Lipinski definition) is 1. The molecule has 1 rings (SSSR count). The normalized spacial score (nSPS) is 14.6. The van der Waals surface area contributed by atoms with E-state index in [1.807, 2.05) is 12.3 Å². The lowest BCUT2D eigenvalue weighted by Crippen LogP contribution is -2.31. The molecule has 0 saturated heterocycles. The van der Waals surface area contributed by atoms with Gasteiger partial charge in [-0.2, -0.15) is 0 Å². The van der Waals surface area contributed by atoms with E-state index < -0.39 is 0 Å². The summed E-state index contributed by atoms with van der Waals surface area (Å²) >= 11 is 4.83. The van der Waals surface area contributed by atoms with Crippen LogP contribution in [0.25, 0.3) is 0 Å². The standard InChI is InChI=1S/C9H13BrN2O2S/c1-6(8-11-3-4-15-8)12-5-7(10)9(13)14-2/h3-4,6-7,12H,5H2,1-2H3. The minimum Gasteiger partial charge on any atom is -0.468 e. The smallest absolute Gasteiger partial charge is 0.320 e. The summed E-state index contributed by atoms with van der Waals surface area (Å²) in [6.07, 6.45) is 1.77. The van der Waals surface area contributed by atoms with Gasteiger partial charge in [0.15, 0.2) is 0 Å². The Morgan fingerprint density at radius 3 is 3.07 bits per heavy atom. The minimum atomic E-state index is -0.315. The number of methoxy groups -OCH3 is 1. The predicted molar refractivity (Wildman–Crippen MR) is 63.3 cm³/mol. The molecular formula is C9H13BrN2O2S. The van der Waals surface area contributed by atoms with Gasteiger partial charge in [-0.25, -0.2) is 4.98 Å². The number of aromatic nitrogens is 1. The molecule has 0 aromatic carbocycles. The van der Waals surface area contributed by atoms with Crippen LogP contribution in [0.1, 0.15) is 18.0 Å². The van der Waals surface area contributed by atoms with E-state index in [1.54, 1.807) is 17.5 Å². The first-order chi connectivity index (χ1) is 7.15. The molecule has 15 heavy (non-hydrogen) atoms. The molecule has 1 aromatic heterocycles. The molecule has 0 saturated carbocycles. The van der Waals surface area contributed by atoms with E-state index >= 15 is 0 Å². The summed E-state index contributed by atoms with van der Waals surface area (Å²) in [5.41, 5.74) is 0. The maximum Gasteiger partial charge on any atom is 0.320 e. The third kappa shape index (κ3) is 3.89. The third-order valence-electron chi connectivity index (χ3n) is 1.88. The summed E-state index contributed by atoms with van der Waals surface area (Å²) in [7, 11) is 1.38. The summed E-state index contributed by atoms with van der Waals surface area (Å²) < 4.78 is 4.60. The Bertz CT molecular complexity index is 305. The fraction of sp³-hybridized carbons (Fsp3) is 0.556. The maximum atomic E-state index is 11.1. The van der Waals surface area contributed by atoms with E-state index in [4.69, 9.17) is 0 Å². The van der Waals surface area contributed by atoms with E-state index in [2.05, 4.69) is 31.0 Å². The first-order valence-corrected chi connectivity index (χ1v) is 6.29. The fourth-order valence-electron chi connectivity index (χ4n) is 1.03. The van der Waals surface area contributed by atoms with Gasteiger partial charge in [0.05, 0.1) is 13.2 Å². The van der Waals surface area contributed by atoms with Gasteiger partial charge in [0, 0.05) is 18.1 Å². The zero-order chi connectivity index (χ0) is 11.3. The van der Waals surface area contributed by atoms with Crippen molar-refractivity contribution in [2.24, 2.45) is 0 Å². The Morgan fingerprint density at radius 1 is 1.80 bits per heavy atom. The zero-order valence-electron chi connectivity index (χ0n) is 8.57. The van der Waals surface area contributed by atoms with Gasteiger partial charge >= 0.3 is 5.97 Å². The van der Waals surface area contributed by atoms with Gasteiger partial charge in [-0.1, -0.05) is 15.9 Å². The molecule has 0 radical (unpaired) electrons. The highest BCUT2D eigenvalue weighted by atomic mass is 79.9. The number of ether oxygens (including phenoxy) is 1. The van der Waals surface area contributed by atoms with Crippen LogP contribution in [0.2, 0.25) is 0 Å². The van der Waals surface area contributed by atoms with Crippen molar-refractivity contribution in [2.45, 2.75) is 17.8 Å². The summed E-state index contributed by atoms with van der Waals surface area (Å²) in [4.78, 5) is 15.0. The Morgan fingerprint density at radius 2 is 2.53 bits per heavy atom. The molecule has 0 amide bonds. The molecule has 2 unspecified atom stereocenters. The number of carbonyl (C=O) groups is 1. The van der Waals surface area contributed by atoms with Gasteiger partial charge in [0.2, 0.25) is 0 Å². The van der Waals surface area contributed by atoms with Crippen LogP contribution in [0.4, 0.5) is 0 Å². The highest BCUT2D eigenvalue weighted by Crippen LogP contribution is 2.15. The fourth-order valence-corrected chi connectivity index (χ4v) is 2.07. The largest absolute Gasteiger partial charge is 0.468 e.